The number of para-hydroxylation sites is 1. The molecule has 0 saturated carbocycles. The molecule has 0 N–H and O–H groups in total. The molecule has 0 amide bonds. The zero-order valence-electron chi connectivity index (χ0n) is 26.8. The van der Waals surface area contributed by atoms with Crippen molar-refractivity contribution in [3.63, 3.8) is 0 Å². The molecule has 1 aliphatic rings. The molecular formula is C46H31N3. The second-order valence-electron chi connectivity index (χ2n) is 12.9. The van der Waals surface area contributed by atoms with Crippen LogP contribution in [-0.2, 0) is 6.42 Å². The number of fused-ring (bicyclic) bond motifs is 3. The molecule has 2 aromatic heterocycles. The molecule has 1 aliphatic carbocycles. The summed E-state index contributed by atoms with van der Waals surface area (Å²) in [5, 5.41) is 5.19. The molecule has 0 saturated heterocycles. The van der Waals surface area contributed by atoms with Gasteiger partial charge in [0.05, 0.1) is 11.0 Å². The van der Waals surface area contributed by atoms with Crippen LogP contribution in [0.25, 0.3) is 61.5 Å². The minimum Gasteiger partial charge on any atom is -0.309 e. The van der Waals surface area contributed by atoms with Crippen molar-refractivity contribution in [3.05, 3.63) is 186 Å². The van der Waals surface area contributed by atoms with Crippen molar-refractivity contribution < 1.29 is 0 Å². The Hall–Kier alpha value is -6.45. The molecule has 3 nitrogen and oxygen atoms in total. The van der Waals surface area contributed by atoms with E-state index in [1.165, 1.54) is 66.1 Å². The summed E-state index contributed by atoms with van der Waals surface area (Å²) in [4.78, 5) is 7.01. The van der Waals surface area contributed by atoms with Crippen molar-refractivity contribution in [1.82, 2.24) is 9.55 Å². The fraction of sp³-hybridized carbons (Fsp3) is 0.0217. The highest BCUT2D eigenvalue weighted by Crippen LogP contribution is 2.42. The first-order chi connectivity index (χ1) is 24.3. The van der Waals surface area contributed by atoms with Crippen molar-refractivity contribution in [1.29, 1.82) is 0 Å². The molecule has 7 aromatic carbocycles. The number of aromatic nitrogens is 2. The van der Waals surface area contributed by atoms with Gasteiger partial charge in [-0.05, 0) is 117 Å². The fourth-order valence-corrected chi connectivity index (χ4v) is 7.76. The van der Waals surface area contributed by atoms with Gasteiger partial charge < -0.3 is 4.57 Å². The van der Waals surface area contributed by atoms with Crippen molar-refractivity contribution in [2.45, 2.75) is 6.42 Å². The van der Waals surface area contributed by atoms with Crippen LogP contribution in [0.5, 0.6) is 0 Å². The van der Waals surface area contributed by atoms with Crippen LogP contribution in [-0.4, -0.2) is 9.55 Å². The number of nitrogens with zero attached hydrogens (tertiary/aromatic N) is 3. The Kier molecular flexibility index (Phi) is 6.25. The SMILES string of the molecule is C(=C\c1cc2ccc3cccc4c3c2c(c1)n4-c1ccccc1)/c1ccc(N(c2ccc3c(c2)Cc2ccccc2-3)c2ccccn2)cc1. The van der Waals surface area contributed by atoms with E-state index in [4.69, 9.17) is 4.98 Å². The lowest BCUT2D eigenvalue weighted by atomic mass is 10.00. The second-order valence-corrected chi connectivity index (χ2v) is 12.9. The number of rotatable bonds is 6. The Balaban J connectivity index is 1.01. The summed E-state index contributed by atoms with van der Waals surface area (Å²) >= 11 is 0. The molecule has 0 bridgehead atoms. The Bertz CT molecular complexity index is 2670. The van der Waals surface area contributed by atoms with Crippen LogP contribution in [0, 0.1) is 0 Å². The molecule has 10 rings (SSSR count). The highest BCUT2D eigenvalue weighted by atomic mass is 15.2. The van der Waals surface area contributed by atoms with E-state index in [1.54, 1.807) is 0 Å². The van der Waals surface area contributed by atoms with Crippen LogP contribution in [0.2, 0.25) is 0 Å². The second kappa shape index (κ2) is 11.1. The van der Waals surface area contributed by atoms with Crippen LogP contribution in [0.4, 0.5) is 17.2 Å². The van der Waals surface area contributed by atoms with Gasteiger partial charge in [0.15, 0.2) is 0 Å². The Labute approximate surface area is 285 Å². The topological polar surface area (TPSA) is 21.1 Å². The molecule has 0 aliphatic heterocycles. The standard InChI is InChI=1S/C46H31N3/c1-2-11-37(12-3-1)49-42-14-8-10-33-20-21-35-27-32(28-43(49)46(35)45(33)42)17-16-31-18-22-38(23-19-31)48(44-15-6-7-26-47-44)39-24-25-41-36(30-39)29-34-9-4-5-13-40(34)41/h1-28,30H,29H2/b17-16+. The minimum absolute atomic E-state index is 0.897. The smallest absolute Gasteiger partial charge is 0.137 e. The molecule has 0 spiro atoms. The Morgan fingerprint density at radius 1 is 0.510 bits per heavy atom. The van der Waals surface area contributed by atoms with Gasteiger partial charge in [0.25, 0.3) is 0 Å². The van der Waals surface area contributed by atoms with Crippen LogP contribution in [0.1, 0.15) is 22.3 Å². The van der Waals surface area contributed by atoms with Gasteiger partial charge in [-0.2, -0.15) is 0 Å². The number of benzene rings is 7. The first kappa shape index (κ1) is 27.6. The molecular weight excluding hydrogens is 595 g/mol. The average Bonchev–Trinajstić information content (AvgIpc) is 3.70. The van der Waals surface area contributed by atoms with Gasteiger partial charge in [-0.1, -0.05) is 103 Å². The van der Waals surface area contributed by atoms with Gasteiger partial charge in [0, 0.05) is 34.0 Å². The summed E-state index contributed by atoms with van der Waals surface area (Å²) < 4.78 is 2.40. The maximum absolute atomic E-state index is 4.76. The lowest BCUT2D eigenvalue weighted by molar-refractivity contribution is 1.17. The minimum atomic E-state index is 0.897. The summed E-state index contributed by atoms with van der Waals surface area (Å²) in [6.07, 6.45) is 7.26. The van der Waals surface area contributed by atoms with E-state index in [1.807, 2.05) is 18.3 Å². The largest absolute Gasteiger partial charge is 0.309 e. The molecule has 0 atom stereocenters. The summed E-state index contributed by atoms with van der Waals surface area (Å²) in [5.74, 6) is 0.897. The molecule has 0 unspecified atom stereocenters. The van der Waals surface area contributed by atoms with E-state index in [-0.39, 0.29) is 0 Å². The predicted molar refractivity (Wildman–Crippen MR) is 206 cm³/mol. The number of hydrogen-bond donors (Lipinski definition) is 0. The van der Waals surface area contributed by atoms with E-state index >= 15 is 0 Å². The zero-order chi connectivity index (χ0) is 32.3. The van der Waals surface area contributed by atoms with E-state index in [0.29, 0.717) is 0 Å². The van der Waals surface area contributed by atoms with Gasteiger partial charge in [0.1, 0.15) is 5.82 Å². The highest BCUT2D eigenvalue weighted by molar-refractivity contribution is 6.24. The Morgan fingerprint density at radius 3 is 2.14 bits per heavy atom. The van der Waals surface area contributed by atoms with Crippen LogP contribution < -0.4 is 4.90 Å². The van der Waals surface area contributed by atoms with Gasteiger partial charge in [-0.25, -0.2) is 4.98 Å². The molecule has 2 heterocycles. The van der Waals surface area contributed by atoms with Crippen LogP contribution >= 0.6 is 0 Å². The number of pyridine rings is 1. The third-order valence-electron chi connectivity index (χ3n) is 9.97. The lowest BCUT2D eigenvalue weighted by Gasteiger charge is -2.25. The summed E-state index contributed by atoms with van der Waals surface area (Å²) in [7, 11) is 0. The molecule has 49 heavy (non-hydrogen) atoms. The first-order valence-corrected chi connectivity index (χ1v) is 16.8. The van der Waals surface area contributed by atoms with Crippen molar-refractivity contribution in [2.24, 2.45) is 0 Å². The highest BCUT2D eigenvalue weighted by Gasteiger charge is 2.21. The first-order valence-electron chi connectivity index (χ1n) is 16.8. The third kappa shape index (κ3) is 4.55. The van der Waals surface area contributed by atoms with Crippen molar-refractivity contribution >= 4 is 61.9 Å². The molecule has 3 heteroatoms. The summed E-state index contributed by atoms with van der Waals surface area (Å²) in [6, 6.07) is 56.8. The summed E-state index contributed by atoms with van der Waals surface area (Å²) in [5.41, 5.74) is 13.6. The van der Waals surface area contributed by atoms with E-state index in [0.717, 1.165) is 29.2 Å². The predicted octanol–water partition coefficient (Wildman–Crippen LogP) is 12.0. The number of anilines is 3. The average molecular weight is 626 g/mol. The maximum atomic E-state index is 4.76. The molecule has 0 radical (unpaired) electrons. The van der Waals surface area contributed by atoms with Gasteiger partial charge in [-0.3, -0.25) is 4.90 Å². The summed E-state index contributed by atoms with van der Waals surface area (Å²) in [6.45, 7) is 0. The monoisotopic (exact) mass is 625 g/mol. The van der Waals surface area contributed by atoms with Gasteiger partial charge in [0.2, 0.25) is 0 Å². The van der Waals surface area contributed by atoms with Crippen LogP contribution in [0.3, 0.4) is 0 Å². The van der Waals surface area contributed by atoms with E-state index in [2.05, 4.69) is 167 Å². The van der Waals surface area contributed by atoms with Crippen LogP contribution in [0.15, 0.2) is 164 Å². The van der Waals surface area contributed by atoms with E-state index in [9.17, 15) is 0 Å². The normalized spacial score (nSPS) is 12.3. The fourth-order valence-electron chi connectivity index (χ4n) is 7.76. The Morgan fingerprint density at radius 2 is 1.27 bits per heavy atom. The van der Waals surface area contributed by atoms with Gasteiger partial charge in [-0.15, -0.1) is 0 Å². The quantitative estimate of drug-likeness (QED) is 0.135. The van der Waals surface area contributed by atoms with Crippen molar-refractivity contribution in [3.8, 4) is 16.8 Å². The van der Waals surface area contributed by atoms with E-state index < -0.39 is 0 Å². The molecule has 230 valence electrons. The molecule has 9 aromatic rings. The third-order valence-corrected chi connectivity index (χ3v) is 9.97. The maximum Gasteiger partial charge on any atom is 0.137 e. The lowest BCUT2D eigenvalue weighted by Crippen LogP contribution is -2.11. The van der Waals surface area contributed by atoms with Gasteiger partial charge >= 0.3 is 0 Å². The zero-order valence-corrected chi connectivity index (χ0v) is 26.8. The van der Waals surface area contributed by atoms with Crippen molar-refractivity contribution in [2.75, 3.05) is 4.90 Å². The molecule has 0 fully saturated rings. The number of hydrogen-bond acceptors (Lipinski definition) is 2.